The lowest BCUT2D eigenvalue weighted by molar-refractivity contribution is -0.135. The van der Waals surface area contributed by atoms with Crippen LogP contribution in [0.25, 0.3) is 0 Å². The van der Waals surface area contributed by atoms with Crippen LogP contribution in [0.15, 0.2) is 48.5 Å². The fourth-order valence-electron chi connectivity index (χ4n) is 2.93. The summed E-state index contributed by atoms with van der Waals surface area (Å²) in [6.45, 7) is 0.608. The van der Waals surface area contributed by atoms with Crippen LogP contribution in [-0.2, 0) is 22.7 Å². The van der Waals surface area contributed by atoms with Gasteiger partial charge >= 0.3 is 0 Å². The van der Waals surface area contributed by atoms with Crippen LogP contribution in [0, 0.1) is 5.82 Å². The number of carbonyl (C=O) groups is 2. The van der Waals surface area contributed by atoms with Crippen molar-refractivity contribution in [1.82, 2.24) is 10.2 Å². The fourth-order valence-corrected chi connectivity index (χ4v) is 3.14. The number of halogens is 2. The summed E-state index contributed by atoms with van der Waals surface area (Å²) >= 11 is 6.09. The Morgan fingerprint density at radius 1 is 1.20 bits per heavy atom. The first-order chi connectivity index (χ1) is 12.0. The van der Waals surface area contributed by atoms with E-state index in [0.717, 1.165) is 11.1 Å². The maximum absolute atomic E-state index is 13.0. The fraction of sp³-hybridized carbons (Fsp3) is 0.263. The summed E-state index contributed by atoms with van der Waals surface area (Å²) in [5.74, 6) is -0.597. The van der Waals surface area contributed by atoms with Crippen molar-refractivity contribution in [2.24, 2.45) is 0 Å². The van der Waals surface area contributed by atoms with E-state index < -0.39 is 6.04 Å². The molecule has 1 heterocycles. The van der Waals surface area contributed by atoms with Crippen molar-refractivity contribution in [3.63, 3.8) is 0 Å². The van der Waals surface area contributed by atoms with Crippen molar-refractivity contribution in [3.05, 3.63) is 70.5 Å². The van der Waals surface area contributed by atoms with Gasteiger partial charge in [-0.2, -0.15) is 0 Å². The Bertz CT molecular complexity index is 779. The van der Waals surface area contributed by atoms with E-state index >= 15 is 0 Å². The lowest BCUT2D eigenvalue weighted by Crippen LogP contribution is -2.44. The molecule has 2 aromatic carbocycles. The summed E-state index contributed by atoms with van der Waals surface area (Å²) in [6, 6.07) is 12.7. The van der Waals surface area contributed by atoms with Gasteiger partial charge in [0.1, 0.15) is 11.9 Å². The zero-order chi connectivity index (χ0) is 17.8. The van der Waals surface area contributed by atoms with E-state index in [1.54, 1.807) is 23.1 Å². The molecular weight excluding hydrogens is 343 g/mol. The van der Waals surface area contributed by atoms with Crippen molar-refractivity contribution in [2.45, 2.75) is 32.0 Å². The summed E-state index contributed by atoms with van der Waals surface area (Å²) in [6.07, 6.45) is 0.819. The molecule has 0 saturated carbocycles. The van der Waals surface area contributed by atoms with E-state index in [4.69, 9.17) is 11.6 Å². The van der Waals surface area contributed by atoms with E-state index in [9.17, 15) is 14.0 Å². The highest BCUT2D eigenvalue weighted by Gasteiger charge is 2.35. The number of rotatable bonds is 5. The molecule has 0 aromatic heterocycles. The van der Waals surface area contributed by atoms with E-state index in [-0.39, 0.29) is 17.6 Å². The van der Waals surface area contributed by atoms with Crippen LogP contribution in [0.1, 0.15) is 24.0 Å². The number of amides is 2. The van der Waals surface area contributed by atoms with Crippen molar-refractivity contribution >= 4 is 23.4 Å². The second kappa shape index (κ2) is 7.66. The first kappa shape index (κ1) is 17.4. The van der Waals surface area contributed by atoms with Gasteiger partial charge in [0.15, 0.2) is 0 Å². The zero-order valence-electron chi connectivity index (χ0n) is 13.5. The number of nitrogens with one attached hydrogen (secondary N) is 1. The Hall–Kier alpha value is -2.40. The predicted octanol–water partition coefficient (Wildman–Crippen LogP) is 3.29. The van der Waals surface area contributed by atoms with Crippen molar-refractivity contribution in [3.8, 4) is 0 Å². The van der Waals surface area contributed by atoms with Crippen LogP contribution in [0.5, 0.6) is 0 Å². The van der Waals surface area contributed by atoms with Gasteiger partial charge in [0, 0.05) is 24.5 Å². The van der Waals surface area contributed by atoms with Gasteiger partial charge in [-0.15, -0.1) is 0 Å². The zero-order valence-corrected chi connectivity index (χ0v) is 14.3. The molecule has 0 bridgehead atoms. The standard InChI is InChI=1S/C19H18ClFN2O2/c20-16-4-2-1-3-14(16)11-22-19(25)17-9-10-18(24)23(17)12-13-5-7-15(21)8-6-13/h1-8,17H,9-12H2,(H,22,25). The number of hydrogen-bond donors (Lipinski definition) is 1. The molecule has 1 fully saturated rings. The van der Waals surface area contributed by atoms with Gasteiger partial charge in [0.2, 0.25) is 11.8 Å². The first-order valence-electron chi connectivity index (χ1n) is 8.09. The van der Waals surface area contributed by atoms with Crippen LogP contribution >= 0.6 is 11.6 Å². The molecule has 2 amide bonds. The molecule has 3 rings (SSSR count). The predicted molar refractivity (Wildman–Crippen MR) is 93.3 cm³/mol. The first-order valence-corrected chi connectivity index (χ1v) is 8.47. The van der Waals surface area contributed by atoms with E-state index in [0.29, 0.717) is 31.0 Å². The molecule has 2 aromatic rings. The quantitative estimate of drug-likeness (QED) is 0.889. The monoisotopic (exact) mass is 360 g/mol. The number of carbonyl (C=O) groups excluding carboxylic acids is 2. The molecule has 4 nitrogen and oxygen atoms in total. The maximum Gasteiger partial charge on any atom is 0.243 e. The molecule has 1 unspecified atom stereocenters. The van der Waals surface area contributed by atoms with Crippen LogP contribution in [0.4, 0.5) is 4.39 Å². The summed E-state index contributed by atoms with van der Waals surface area (Å²) in [5.41, 5.74) is 1.62. The van der Waals surface area contributed by atoms with Crippen LogP contribution in [0.2, 0.25) is 5.02 Å². The van der Waals surface area contributed by atoms with E-state index in [1.165, 1.54) is 12.1 Å². The Labute approximate surface area is 150 Å². The summed E-state index contributed by atoms with van der Waals surface area (Å²) in [7, 11) is 0. The molecule has 6 heteroatoms. The second-order valence-electron chi connectivity index (χ2n) is 6.01. The Kier molecular flexibility index (Phi) is 5.34. The third kappa shape index (κ3) is 4.17. The van der Waals surface area contributed by atoms with Gasteiger partial charge < -0.3 is 10.2 Å². The minimum Gasteiger partial charge on any atom is -0.350 e. The molecule has 25 heavy (non-hydrogen) atoms. The Balaban J connectivity index is 1.65. The van der Waals surface area contributed by atoms with Gasteiger partial charge in [0.05, 0.1) is 0 Å². The summed E-state index contributed by atoms with van der Waals surface area (Å²) in [5, 5.41) is 3.44. The lowest BCUT2D eigenvalue weighted by atomic mass is 10.1. The lowest BCUT2D eigenvalue weighted by Gasteiger charge is -2.24. The summed E-state index contributed by atoms with van der Waals surface area (Å²) in [4.78, 5) is 26.2. The number of likely N-dealkylation sites (tertiary alicyclic amines) is 1. The largest absolute Gasteiger partial charge is 0.350 e. The molecule has 0 spiro atoms. The molecule has 1 saturated heterocycles. The van der Waals surface area contributed by atoms with E-state index in [1.807, 2.05) is 18.2 Å². The van der Waals surface area contributed by atoms with Crippen LogP contribution < -0.4 is 5.32 Å². The van der Waals surface area contributed by atoms with Gasteiger partial charge in [-0.3, -0.25) is 9.59 Å². The van der Waals surface area contributed by atoms with Gasteiger partial charge in [-0.05, 0) is 35.7 Å². The number of nitrogens with zero attached hydrogens (tertiary/aromatic N) is 1. The van der Waals surface area contributed by atoms with Crippen LogP contribution in [0.3, 0.4) is 0 Å². The molecule has 0 aliphatic carbocycles. The normalized spacial score (nSPS) is 17.0. The SMILES string of the molecule is O=C(NCc1ccccc1Cl)C1CCC(=O)N1Cc1ccc(F)cc1. The van der Waals surface area contributed by atoms with Gasteiger partial charge in [-0.25, -0.2) is 4.39 Å². The minimum atomic E-state index is -0.514. The molecule has 1 atom stereocenters. The average Bonchev–Trinajstić information content (AvgIpc) is 2.97. The van der Waals surface area contributed by atoms with Gasteiger partial charge in [0.25, 0.3) is 0 Å². The van der Waals surface area contributed by atoms with E-state index in [2.05, 4.69) is 5.32 Å². The summed E-state index contributed by atoms with van der Waals surface area (Å²) < 4.78 is 13.0. The molecular formula is C19H18ClFN2O2. The molecule has 1 aliphatic rings. The number of hydrogen-bond acceptors (Lipinski definition) is 2. The van der Waals surface area contributed by atoms with Gasteiger partial charge in [-0.1, -0.05) is 41.9 Å². The van der Waals surface area contributed by atoms with Crippen molar-refractivity contribution in [1.29, 1.82) is 0 Å². The highest BCUT2D eigenvalue weighted by Crippen LogP contribution is 2.22. The smallest absolute Gasteiger partial charge is 0.243 e. The van der Waals surface area contributed by atoms with Crippen molar-refractivity contribution in [2.75, 3.05) is 0 Å². The molecule has 0 radical (unpaired) electrons. The van der Waals surface area contributed by atoms with Crippen molar-refractivity contribution < 1.29 is 14.0 Å². The van der Waals surface area contributed by atoms with Crippen LogP contribution in [-0.4, -0.2) is 22.8 Å². The maximum atomic E-state index is 13.0. The third-order valence-corrected chi connectivity index (χ3v) is 4.68. The minimum absolute atomic E-state index is 0.0674. The number of benzene rings is 2. The topological polar surface area (TPSA) is 49.4 Å². The Morgan fingerprint density at radius 2 is 1.92 bits per heavy atom. The average molecular weight is 361 g/mol. The molecule has 1 N–H and O–H groups in total. The second-order valence-corrected chi connectivity index (χ2v) is 6.42. The highest BCUT2D eigenvalue weighted by atomic mass is 35.5. The Morgan fingerprint density at radius 3 is 2.64 bits per heavy atom. The molecule has 130 valence electrons. The highest BCUT2D eigenvalue weighted by molar-refractivity contribution is 6.31. The third-order valence-electron chi connectivity index (χ3n) is 4.31. The molecule has 1 aliphatic heterocycles.